The van der Waals surface area contributed by atoms with Gasteiger partial charge in [-0.15, -0.1) is 0 Å². The molecule has 0 spiro atoms. The molecule has 2 amide bonds. The maximum absolute atomic E-state index is 13.7. The van der Waals surface area contributed by atoms with Gasteiger partial charge >= 0.3 is 0 Å². The Labute approximate surface area is 230 Å². The molecule has 1 aliphatic carbocycles. The van der Waals surface area contributed by atoms with E-state index in [1.165, 1.54) is 4.90 Å². The van der Waals surface area contributed by atoms with Crippen LogP contribution in [-0.4, -0.2) is 50.0 Å². The fourth-order valence-electron chi connectivity index (χ4n) is 4.50. The largest absolute Gasteiger partial charge is 0.352 e. The lowest BCUT2D eigenvalue weighted by atomic mass is 9.95. The molecule has 37 heavy (non-hydrogen) atoms. The zero-order chi connectivity index (χ0) is 27.3. The van der Waals surface area contributed by atoms with Gasteiger partial charge in [0.25, 0.3) is 0 Å². The summed E-state index contributed by atoms with van der Waals surface area (Å²) < 4.78 is 26.6. The Balaban J connectivity index is 1.93. The van der Waals surface area contributed by atoms with E-state index in [2.05, 4.69) is 5.32 Å². The Morgan fingerprint density at radius 2 is 1.65 bits per heavy atom. The highest BCUT2D eigenvalue weighted by atomic mass is 35.5. The van der Waals surface area contributed by atoms with Crippen LogP contribution in [0.2, 0.25) is 10.0 Å². The number of rotatable bonds is 9. The number of anilines is 1. The third-order valence-corrected chi connectivity index (χ3v) is 8.82. The molecule has 1 saturated carbocycles. The van der Waals surface area contributed by atoms with E-state index in [-0.39, 0.29) is 18.5 Å². The summed E-state index contributed by atoms with van der Waals surface area (Å²) in [4.78, 5) is 28.3. The molecule has 1 aliphatic rings. The van der Waals surface area contributed by atoms with Gasteiger partial charge in [0, 0.05) is 28.2 Å². The minimum Gasteiger partial charge on any atom is -0.352 e. The SMILES string of the molecule is Cc1ccc(N(CC(=O)N(Cc2c(Cl)cccc2Cl)[C@H](C)C(=O)NC2CCCCC2)S(C)(=O)=O)cc1C. The predicted octanol–water partition coefficient (Wildman–Crippen LogP) is 5.24. The second-order valence-corrected chi connectivity index (χ2v) is 12.5. The van der Waals surface area contributed by atoms with Crippen molar-refractivity contribution in [1.82, 2.24) is 10.2 Å². The molecule has 0 radical (unpaired) electrons. The van der Waals surface area contributed by atoms with Crippen molar-refractivity contribution in [1.29, 1.82) is 0 Å². The molecule has 0 saturated heterocycles. The predicted molar refractivity (Wildman–Crippen MR) is 150 cm³/mol. The topological polar surface area (TPSA) is 86.8 Å². The van der Waals surface area contributed by atoms with E-state index in [0.717, 1.165) is 53.8 Å². The van der Waals surface area contributed by atoms with Gasteiger partial charge in [0.05, 0.1) is 11.9 Å². The molecule has 1 fully saturated rings. The van der Waals surface area contributed by atoms with Crippen molar-refractivity contribution in [3.63, 3.8) is 0 Å². The molecule has 0 bridgehead atoms. The number of amides is 2. The van der Waals surface area contributed by atoms with Crippen LogP contribution in [0.15, 0.2) is 36.4 Å². The van der Waals surface area contributed by atoms with Crippen LogP contribution in [0.1, 0.15) is 55.7 Å². The highest BCUT2D eigenvalue weighted by Crippen LogP contribution is 2.28. The van der Waals surface area contributed by atoms with Gasteiger partial charge < -0.3 is 10.2 Å². The van der Waals surface area contributed by atoms with E-state index in [9.17, 15) is 18.0 Å². The fraction of sp³-hybridized carbons (Fsp3) is 0.481. The quantitative estimate of drug-likeness (QED) is 0.448. The van der Waals surface area contributed by atoms with Crippen LogP contribution in [0.5, 0.6) is 0 Å². The summed E-state index contributed by atoms with van der Waals surface area (Å²) in [5, 5.41) is 3.79. The first-order valence-electron chi connectivity index (χ1n) is 12.5. The number of nitrogens with zero attached hydrogens (tertiary/aromatic N) is 2. The number of aryl methyl sites for hydroxylation is 2. The molecule has 0 heterocycles. The van der Waals surface area contributed by atoms with Gasteiger partial charge in [-0.05, 0) is 69.0 Å². The number of nitrogens with one attached hydrogen (secondary N) is 1. The number of benzene rings is 2. The van der Waals surface area contributed by atoms with Gasteiger partial charge in [-0.3, -0.25) is 13.9 Å². The molecule has 3 rings (SSSR count). The lowest BCUT2D eigenvalue weighted by molar-refractivity contribution is -0.139. The Morgan fingerprint density at radius 1 is 1.03 bits per heavy atom. The lowest BCUT2D eigenvalue weighted by Crippen LogP contribution is -2.53. The first-order chi connectivity index (χ1) is 17.4. The Hall–Kier alpha value is -2.29. The van der Waals surface area contributed by atoms with Gasteiger partial charge in [-0.2, -0.15) is 0 Å². The van der Waals surface area contributed by atoms with Crippen molar-refractivity contribution in [3.05, 3.63) is 63.1 Å². The third-order valence-electron chi connectivity index (χ3n) is 6.97. The normalized spacial score (nSPS) is 15.2. The van der Waals surface area contributed by atoms with E-state index in [0.29, 0.717) is 21.3 Å². The van der Waals surface area contributed by atoms with Crippen molar-refractivity contribution in [2.45, 2.75) is 71.5 Å². The van der Waals surface area contributed by atoms with Crippen LogP contribution < -0.4 is 9.62 Å². The van der Waals surface area contributed by atoms with E-state index < -0.39 is 28.5 Å². The van der Waals surface area contributed by atoms with Crippen molar-refractivity contribution in [2.75, 3.05) is 17.1 Å². The molecule has 10 heteroatoms. The second-order valence-electron chi connectivity index (χ2n) is 9.78. The van der Waals surface area contributed by atoms with Gasteiger partial charge in [0.2, 0.25) is 21.8 Å². The fourth-order valence-corrected chi connectivity index (χ4v) is 5.86. The highest BCUT2D eigenvalue weighted by molar-refractivity contribution is 7.92. The summed E-state index contributed by atoms with van der Waals surface area (Å²) in [6.07, 6.45) is 6.11. The minimum atomic E-state index is -3.80. The van der Waals surface area contributed by atoms with Crippen molar-refractivity contribution < 1.29 is 18.0 Å². The Kier molecular flexibility index (Phi) is 9.89. The molecule has 2 aromatic carbocycles. The maximum Gasteiger partial charge on any atom is 0.244 e. The van der Waals surface area contributed by atoms with E-state index >= 15 is 0 Å². The minimum absolute atomic E-state index is 0.0406. The first kappa shape index (κ1) is 29.3. The lowest BCUT2D eigenvalue weighted by Gasteiger charge is -2.33. The Morgan fingerprint density at radius 3 is 2.22 bits per heavy atom. The van der Waals surface area contributed by atoms with E-state index in [4.69, 9.17) is 23.2 Å². The second kappa shape index (κ2) is 12.5. The van der Waals surface area contributed by atoms with Crippen LogP contribution in [0.4, 0.5) is 5.69 Å². The zero-order valence-electron chi connectivity index (χ0n) is 21.8. The number of hydrogen-bond acceptors (Lipinski definition) is 4. The summed E-state index contributed by atoms with van der Waals surface area (Å²) in [5.41, 5.74) is 2.78. The molecule has 1 N–H and O–H groups in total. The number of halogens is 2. The number of hydrogen-bond donors (Lipinski definition) is 1. The standard InChI is InChI=1S/C27H35Cl2N3O4S/c1-18-13-14-22(15-19(18)2)32(37(4,35)36)17-26(33)31(16-23-24(28)11-8-12-25(23)29)20(3)27(34)30-21-9-6-5-7-10-21/h8,11-15,20-21H,5-7,9-10,16-17H2,1-4H3,(H,30,34)/t20-/m1/s1. The van der Waals surface area contributed by atoms with Crippen molar-refractivity contribution in [2.24, 2.45) is 0 Å². The molecule has 2 aromatic rings. The highest BCUT2D eigenvalue weighted by Gasteiger charge is 2.32. The number of sulfonamides is 1. The van der Waals surface area contributed by atoms with Crippen LogP contribution in [0.25, 0.3) is 0 Å². The monoisotopic (exact) mass is 567 g/mol. The van der Waals surface area contributed by atoms with Gasteiger partial charge in [0.15, 0.2) is 0 Å². The van der Waals surface area contributed by atoms with Gasteiger partial charge in [-0.1, -0.05) is 54.6 Å². The van der Waals surface area contributed by atoms with Crippen LogP contribution in [0.3, 0.4) is 0 Å². The average Bonchev–Trinajstić information content (AvgIpc) is 2.83. The first-order valence-corrected chi connectivity index (χ1v) is 15.1. The summed E-state index contributed by atoms with van der Waals surface area (Å²) in [5.74, 6) is -0.827. The molecule has 202 valence electrons. The molecule has 0 aromatic heterocycles. The summed E-state index contributed by atoms with van der Waals surface area (Å²) >= 11 is 12.8. The number of carbonyl (C=O) groups is 2. The van der Waals surface area contributed by atoms with Gasteiger partial charge in [0.1, 0.15) is 12.6 Å². The van der Waals surface area contributed by atoms with Crippen molar-refractivity contribution >= 4 is 50.7 Å². The molecule has 7 nitrogen and oxygen atoms in total. The molecule has 0 unspecified atom stereocenters. The van der Waals surface area contributed by atoms with Crippen LogP contribution >= 0.6 is 23.2 Å². The average molecular weight is 569 g/mol. The van der Waals surface area contributed by atoms with Crippen molar-refractivity contribution in [3.8, 4) is 0 Å². The smallest absolute Gasteiger partial charge is 0.244 e. The molecular weight excluding hydrogens is 533 g/mol. The maximum atomic E-state index is 13.7. The van der Waals surface area contributed by atoms with Gasteiger partial charge in [-0.25, -0.2) is 8.42 Å². The van der Waals surface area contributed by atoms with E-state index in [1.807, 2.05) is 19.9 Å². The van der Waals surface area contributed by atoms with Crippen LogP contribution in [0, 0.1) is 13.8 Å². The Bertz CT molecular complexity index is 1230. The summed E-state index contributed by atoms with van der Waals surface area (Å²) in [6.45, 7) is 4.94. The zero-order valence-corrected chi connectivity index (χ0v) is 24.1. The van der Waals surface area contributed by atoms with E-state index in [1.54, 1.807) is 37.3 Å². The summed E-state index contributed by atoms with van der Waals surface area (Å²) in [6, 6.07) is 9.44. The third kappa shape index (κ3) is 7.62. The number of carbonyl (C=O) groups excluding carboxylic acids is 2. The molecular formula is C27H35Cl2N3O4S. The van der Waals surface area contributed by atoms with Crippen LogP contribution in [-0.2, 0) is 26.2 Å². The summed E-state index contributed by atoms with van der Waals surface area (Å²) in [7, 11) is -3.80. The molecule has 0 aliphatic heterocycles. The molecule has 1 atom stereocenters.